The molecule has 0 radical (unpaired) electrons. The van der Waals surface area contributed by atoms with Gasteiger partial charge in [-0.3, -0.25) is 0 Å². The third-order valence-electron chi connectivity index (χ3n) is 2.97. The van der Waals surface area contributed by atoms with Crippen LogP contribution in [0.2, 0.25) is 0 Å². The van der Waals surface area contributed by atoms with Gasteiger partial charge in [-0.25, -0.2) is 9.07 Å². The van der Waals surface area contributed by atoms with Crippen molar-refractivity contribution in [2.45, 2.75) is 6.54 Å². The van der Waals surface area contributed by atoms with Crippen LogP contribution in [-0.2, 0) is 6.54 Å². The second kappa shape index (κ2) is 6.53. The van der Waals surface area contributed by atoms with Crippen LogP contribution in [0.1, 0.15) is 16.8 Å². The predicted octanol–water partition coefficient (Wildman–Crippen LogP) is 1.53. The molecule has 0 saturated carbocycles. The third kappa shape index (κ3) is 2.95. The van der Waals surface area contributed by atoms with Crippen molar-refractivity contribution in [3.05, 3.63) is 46.9 Å². The zero-order valence-corrected chi connectivity index (χ0v) is 11.5. The molecule has 1 aromatic heterocycles. The first-order chi connectivity index (χ1) is 10.6. The number of hydrogen-bond donors (Lipinski definition) is 2. The highest BCUT2D eigenvalue weighted by molar-refractivity contribution is 5.91. The van der Waals surface area contributed by atoms with Gasteiger partial charge in [0.15, 0.2) is 0 Å². The molecule has 6 nitrogen and oxygen atoms in total. The molecule has 1 heterocycles. The van der Waals surface area contributed by atoms with Crippen molar-refractivity contribution < 1.29 is 9.50 Å². The second-order valence-electron chi connectivity index (χ2n) is 4.39. The average Bonchev–Trinajstić information content (AvgIpc) is 2.83. The number of hydrogen-bond acceptors (Lipinski definition) is 5. The van der Waals surface area contributed by atoms with Gasteiger partial charge in [0.05, 0.1) is 18.7 Å². The van der Waals surface area contributed by atoms with Gasteiger partial charge in [-0.05, 0) is 23.8 Å². The Labute approximate surface area is 126 Å². The van der Waals surface area contributed by atoms with Gasteiger partial charge < -0.3 is 10.8 Å². The van der Waals surface area contributed by atoms with Crippen LogP contribution >= 0.6 is 0 Å². The maximum atomic E-state index is 12.9. The van der Waals surface area contributed by atoms with Gasteiger partial charge in [0.1, 0.15) is 35.0 Å². The summed E-state index contributed by atoms with van der Waals surface area (Å²) in [4.78, 5) is 0. The summed E-state index contributed by atoms with van der Waals surface area (Å²) in [6.07, 6.45) is 1.49. The lowest BCUT2D eigenvalue weighted by Gasteiger charge is -1.99. The van der Waals surface area contributed by atoms with E-state index in [2.05, 4.69) is 5.10 Å². The highest BCUT2D eigenvalue weighted by atomic mass is 19.1. The van der Waals surface area contributed by atoms with Gasteiger partial charge >= 0.3 is 0 Å². The Bertz CT molecular complexity index is 793. The number of anilines is 1. The number of nitrogens with two attached hydrogens (primary N) is 1. The number of nitriles is 2. The number of rotatable bonds is 4. The molecular weight excluding hydrogens is 285 g/mol. The SMILES string of the molecule is N#CC(=Cc1ccc(F)cc1)c1nn(CCO)c(N)c1C#N. The molecule has 2 aromatic rings. The van der Waals surface area contributed by atoms with Gasteiger partial charge in [0.25, 0.3) is 0 Å². The minimum atomic E-state index is -0.384. The molecule has 0 aliphatic rings. The summed E-state index contributed by atoms with van der Waals surface area (Å²) in [6.45, 7) is -0.0739. The van der Waals surface area contributed by atoms with Crippen molar-refractivity contribution in [3.8, 4) is 12.1 Å². The number of aliphatic hydroxyl groups is 1. The molecule has 3 N–H and O–H groups in total. The summed E-state index contributed by atoms with van der Waals surface area (Å²) in [7, 11) is 0. The Morgan fingerprint density at radius 2 is 2.05 bits per heavy atom. The Morgan fingerprint density at radius 1 is 1.36 bits per heavy atom. The van der Waals surface area contributed by atoms with Crippen LogP contribution in [0.3, 0.4) is 0 Å². The number of allylic oxidation sites excluding steroid dienone is 1. The number of nitrogens with zero attached hydrogens (tertiary/aromatic N) is 4. The van der Waals surface area contributed by atoms with Crippen molar-refractivity contribution in [1.29, 1.82) is 10.5 Å². The standard InChI is InChI=1S/C15H12FN5O/c16-12-3-1-10(2-4-12)7-11(8-17)14-13(9-18)15(19)21(20-14)5-6-22/h1-4,7,22H,5-6,19H2. The number of nitrogen functional groups attached to an aromatic ring is 1. The smallest absolute Gasteiger partial charge is 0.140 e. The maximum absolute atomic E-state index is 12.9. The van der Waals surface area contributed by atoms with Crippen molar-refractivity contribution >= 4 is 17.5 Å². The number of halogens is 1. The minimum Gasteiger partial charge on any atom is -0.394 e. The minimum absolute atomic E-state index is 0.0726. The molecule has 0 saturated heterocycles. The molecule has 2 rings (SSSR count). The molecule has 110 valence electrons. The Morgan fingerprint density at radius 3 is 2.59 bits per heavy atom. The van der Waals surface area contributed by atoms with Crippen LogP contribution in [0, 0.1) is 28.5 Å². The quantitative estimate of drug-likeness (QED) is 0.831. The van der Waals surface area contributed by atoms with E-state index >= 15 is 0 Å². The predicted molar refractivity (Wildman–Crippen MR) is 78.3 cm³/mol. The maximum Gasteiger partial charge on any atom is 0.140 e. The van der Waals surface area contributed by atoms with Crippen LogP contribution < -0.4 is 5.73 Å². The number of aromatic nitrogens is 2. The van der Waals surface area contributed by atoms with Crippen LogP contribution in [0.15, 0.2) is 24.3 Å². The number of aliphatic hydroxyl groups excluding tert-OH is 1. The molecule has 0 atom stereocenters. The lowest BCUT2D eigenvalue weighted by molar-refractivity contribution is 0.270. The molecule has 1 aromatic carbocycles. The summed E-state index contributed by atoms with van der Waals surface area (Å²) >= 11 is 0. The topological polar surface area (TPSA) is 112 Å². The molecule has 0 spiro atoms. The normalized spacial score (nSPS) is 11.0. The van der Waals surface area contributed by atoms with E-state index in [9.17, 15) is 14.9 Å². The Kier molecular flexibility index (Phi) is 4.52. The van der Waals surface area contributed by atoms with E-state index in [1.54, 1.807) is 0 Å². The largest absolute Gasteiger partial charge is 0.394 e. The molecule has 7 heteroatoms. The summed E-state index contributed by atoms with van der Waals surface area (Å²) in [5.74, 6) is -0.295. The van der Waals surface area contributed by atoms with Gasteiger partial charge in [0, 0.05) is 0 Å². The molecule has 0 amide bonds. The molecule has 0 aliphatic carbocycles. The van der Waals surface area contributed by atoms with E-state index in [1.165, 1.54) is 35.0 Å². The summed E-state index contributed by atoms with van der Waals surface area (Å²) in [6, 6.07) is 9.42. The Hall–Kier alpha value is -3.16. The van der Waals surface area contributed by atoms with Gasteiger partial charge in [-0.2, -0.15) is 15.6 Å². The van der Waals surface area contributed by atoms with Crippen molar-refractivity contribution in [1.82, 2.24) is 9.78 Å². The van der Waals surface area contributed by atoms with Crippen LogP contribution in [-0.4, -0.2) is 21.5 Å². The number of benzene rings is 1. The highest BCUT2D eigenvalue weighted by Crippen LogP contribution is 2.24. The summed E-state index contributed by atoms with van der Waals surface area (Å²) < 4.78 is 14.2. The van der Waals surface area contributed by atoms with Crippen molar-refractivity contribution in [3.63, 3.8) is 0 Å². The van der Waals surface area contributed by atoms with Gasteiger partial charge in [-0.15, -0.1) is 0 Å². The lowest BCUT2D eigenvalue weighted by atomic mass is 10.1. The summed E-state index contributed by atoms with van der Waals surface area (Å²) in [5, 5.41) is 31.6. The van der Waals surface area contributed by atoms with Crippen LogP contribution in [0.4, 0.5) is 10.2 Å². The van der Waals surface area contributed by atoms with E-state index in [0.717, 1.165) is 0 Å². The van der Waals surface area contributed by atoms with E-state index in [-0.39, 0.29) is 41.6 Å². The first kappa shape index (κ1) is 15.2. The lowest BCUT2D eigenvalue weighted by Crippen LogP contribution is -2.07. The van der Waals surface area contributed by atoms with Crippen LogP contribution in [0.25, 0.3) is 11.6 Å². The molecule has 0 fully saturated rings. The monoisotopic (exact) mass is 297 g/mol. The molecular formula is C15H12FN5O. The zero-order valence-electron chi connectivity index (χ0n) is 11.5. The fraction of sp³-hybridized carbons (Fsp3) is 0.133. The van der Waals surface area contributed by atoms with Crippen LogP contribution in [0.5, 0.6) is 0 Å². The van der Waals surface area contributed by atoms with E-state index in [1.807, 2.05) is 12.1 Å². The molecule has 0 unspecified atom stereocenters. The van der Waals surface area contributed by atoms with E-state index < -0.39 is 0 Å². The van der Waals surface area contributed by atoms with Crippen molar-refractivity contribution in [2.75, 3.05) is 12.3 Å². The summed E-state index contributed by atoms with van der Waals surface area (Å²) in [5.41, 5.74) is 6.72. The molecule has 22 heavy (non-hydrogen) atoms. The van der Waals surface area contributed by atoms with Gasteiger partial charge in [-0.1, -0.05) is 12.1 Å². The van der Waals surface area contributed by atoms with Gasteiger partial charge in [0.2, 0.25) is 0 Å². The van der Waals surface area contributed by atoms with E-state index in [0.29, 0.717) is 5.56 Å². The first-order valence-electron chi connectivity index (χ1n) is 6.35. The highest BCUT2D eigenvalue weighted by Gasteiger charge is 2.18. The first-order valence-corrected chi connectivity index (χ1v) is 6.35. The fourth-order valence-electron chi connectivity index (χ4n) is 1.92. The van der Waals surface area contributed by atoms with E-state index in [4.69, 9.17) is 10.8 Å². The zero-order chi connectivity index (χ0) is 16.1. The Balaban J connectivity index is 2.52. The fourth-order valence-corrected chi connectivity index (χ4v) is 1.92. The molecule has 0 aliphatic heterocycles. The third-order valence-corrected chi connectivity index (χ3v) is 2.97. The second-order valence-corrected chi connectivity index (χ2v) is 4.39. The average molecular weight is 297 g/mol. The molecule has 0 bridgehead atoms. The van der Waals surface area contributed by atoms with Crippen molar-refractivity contribution in [2.24, 2.45) is 0 Å².